The molecule has 0 fully saturated rings. The molecule has 0 aliphatic heterocycles. The van der Waals surface area contributed by atoms with Gasteiger partial charge in [-0.1, -0.05) is 12.8 Å². The fourth-order valence-corrected chi connectivity index (χ4v) is 2.30. The molecule has 1 heterocycles. The van der Waals surface area contributed by atoms with Crippen LogP contribution in [0.25, 0.3) is 0 Å². The first kappa shape index (κ1) is 11.3. The van der Waals surface area contributed by atoms with Crippen LogP contribution in [0.5, 0.6) is 0 Å². The minimum atomic E-state index is 0.205. The molecular formula is C11H16N2S. The van der Waals surface area contributed by atoms with E-state index in [-0.39, 0.29) is 6.04 Å². The van der Waals surface area contributed by atoms with E-state index in [1.807, 2.05) is 0 Å². The van der Waals surface area contributed by atoms with Crippen molar-refractivity contribution in [2.24, 2.45) is 5.73 Å². The molecular weight excluding hydrogens is 192 g/mol. The van der Waals surface area contributed by atoms with Crippen molar-refractivity contribution in [1.82, 2.24) is 5.32 Å². The van der Waals surface area contributed by atoms with Gasteiger partial charge in [0.25, 0.3) is 0 Å². The lowest BCUT2D eigenvalue weighted by Gasteiger charge is -2.12. The lowest BCUT2D eigenvalue weighted by Crippen LogP contribution is -2.27. The Balaban J connectivity index is 2.64. The molecule has 0 amide bonds. The lowest BCUT2D eigenvalue weighted by molar-refractivity contribution is 0.591. The second-order valence-corrected chi connectivity index (χ2v) is 4.23. The van der Waals surface area contributed by atoms with E-state index in [9.17, 15) is 0 Å². The summed E-state index contributed by atoms with van der Waals surface area (Å²) in [6.45, 7) is 3.31. The molecule has 0 aliphatic rings. The molecule has 1 atom stereocenters. The third kappa shape index (κ3) is 2.85. The zero-order valence-electron chi connectivity index (χ0n) is 8.42. The van der Waals surface area contributed by atoms with Crippen LogP contribution in [0.2, 0.25) is 0 Å². The average Bonchev–Trinajstić information content (AvgIpc) is 2.68. The number of rotatable bonds is 5. The fourth-order valence-electron chi connectivity index (χ4n) is 1.25. The largest absolute Gasteiger partial charge is 0.329 e. The van der Waals surface area contributed by atoms with Crippen LogP contribution < -0.4 is 11.1 Å². The highest BCUT2D eigenvalue weighted by Crippen LogP contribution is 2.22. The van der Waals surface area contributed by atoms with E-state index in [0.29, 0.717) is 13.1 Å². The number of nitrogens with one attached hydrogen (secondary N) is 1. The van der Waals surface area contributed by atoms with Gasteiger partial charge in [0.15, 0.2) is 0 Å². The Hall–Kier alpha value is -0.820. The molecule has 3 heteroatoms. The van der Waals surface area contributed by atoms with Crippen LogP contribution in [-0.4, -0.2) is 13.1 Å². The third-order valence-corrected chi connectivity index (χ3v) is 3.40. The van der Waals surface area contributed by atoms with Crippen LogP contribution in [0.1, 0.15) is 22.7 Å². The predicted octanol–water partition coefficient (Wildman–Crippen LogP) is 1.53. The van der Waals surface area contributed by atoms with Gasteiger partial charge in [-0.05, 0) is 18.6 Å². The van der Waals surface area contributed by atoms with Crippen LogP contribution >= 0.6 is 11.3 Å². The second-order valence-electron chi connectivity index (χ2n) is 3.03. The van der Waals surface area contributed by atoms with Gasteiger partial charge in [-0.25, -0.2) is 0 Å². The number of terminal acetylenes is 1. The molecule has 0 aromatic carbocycles. The van der Waals surface area contributed by atoms with Crippen molar-refractivity contribution >= 4 is 11.3 Å². The normalized spacial score (nSPS) is 12.4. The van der Waals surface area contributed by atoms with Crippen molar-refractivity contribution in [1.29, 1.82) is 0 Å². The smallest absolute Gasteiger partial charge is 0.0579 e. The van der Waals surface area contributed by atoms with Crippen LogP contribution in [0, 0.1) is 12.3 Å². The number of hydrogen-bond acceptors (Lipinski definition) is 3. The van der Waals surface area contributed by atoms with Gasteiger partial charge in [0, 0.05) is 16.3 Å². The van der Waals surface area contributed by atoms with E-state index in [0.717, 1.165) is 6.42 Å². The molecule has 0 radical (unpaired) electrons. The molecule has 76 valence electrons. The molecule has 0 spiro atoms. The first-order chi connectivity index (χ1) is 6.81. The molecule has 0 aliphatic carbocycles. The maximum atomic E-state index is 5.67. The van der Waals surface area contributed by atoms with E-state index in [4.69, 9.17) is 12.2 Å². The molecule has 1 aromatic heterocycles. The topological polar surface area (TPSA) is 38.0 Å². The van der Waals surface area contributed by atoms with E-state index >= 15 is 0 Å². The molecule has 2 nitrogen and oxygen atoms in total. The zero-order valence-corrected chi connectivity index (χ0v) is 9.23. The van der Waals surface area contributed by atoms with Crippen molar-refractivity contribution in [2.45, 2.75) is 19.4 Å². The summed E-state index contributed by atoms with van der Waals surface area (Å²) in [6, 6.07) is 4.49. The molecule has 0 saturated carbocycles. The van der Waals surface area contributed by atoms with Gasteiger partial charge in [0.1, 0.15) is 0 Å². The summed E-state index contributed by atoms with van der Waals surface area (Å²) in [7, 11) is 0. The van der Waals surface area contributed by atoms with E-state index in [2.05, 4.69) is 30.3 Å². The molecule has 14 heavy (non-hydrogen) atoms. The first-order valence-corrected chi connectivity index (χ1v) is 5.59. The molecule has 1 aromatic rings. The lowest BCUT2D eigenvalue weighted by atomic mass is 10.2. The molecule has 1 unspecified atom stereocenters. The summed E-state index contributed by atoms with van der Waals surface area (Å²) in [5.74, 6) is 2.56. The summed E-state index contributed by atoms with van der Waals surface area (Å²) >= 11 is 1.80. The fraction of sp³-hybridized carbons (Fsp3) is 0.455. The number of aryl methyl sites for hydroxylation is 1. The molecule has 0 saturated heterocycles. The van der Waals surface area contributed by atoms with Gasteiger partial charge < -0.3 is 5.73 Å². The van der Waals surface area contributed by atoms with Crippen LogP contribution in [0.15, 0.2) is 12.1 Å². The summed E-state index contributed by atoms with van der Waals surface area (Å²) in [4.78, 5) is 2.67. The Kier molecular flexibility index (Phi) is 4.68. The summed E-state index contributed by atoms with van der Waals surface area (Å²) in [6.07, 6.45) is 6.27. The van der Waals surface area contributed by atoms with Crippen molar-refractivity contribution in [3.05, 3.63) is 21.9 Å². The Bertz CT molecular complexity index is 311. The van der Waals surface area contributed by atoms with Crippen LogP contribution in [0.3, 0.4) is 0 Å². The summed E-state index contributed by atoms with van der Waals surface area (Å²) < 4.78 is 0. The highest BCUT2D eigenvalue weighted by molar-refractivity contribution is 7.12. The molecule has 1 rings (SSSR count). The molecule has 3 N–H and O–H groups in total. The monoisotopic (exact) mass is 208 g/mol. The predicted molar refractivity (Wildman–Crippen MR) is 62.3 cm³/mol. The highest BCUT2D eigenvalue weighted by Gasteiger charge is 2.10. The van der Waals surface area contributed by atoms with Crippen LogP contribution in [-0.2, 0) is 6.42 Å². The maximum Gasteiger partial charge on any atom is 0.0579 e. The maximum absolute atomic E-state index is 5.67. The van der Waals surface area contributed by atoms with E-state index in [1.54, 1.807) is 11.3 Å². The minimum absolute atomic E-state index is 0.205. The van der Waals surface area contributed by atoms with Gasteiger partial charge in [-0.15, -0.1) is 17.8 Å². The van der Waals surface area contributed by atoms with E-state index in [1.165, 1.54) is 9.75 Å². The van der Waals surface area contributed by atoms with Crippen LogP contribution in [0.4, 0.5) is 0 Å². The zero-order chi connectivity index (χ0) is 10.4. The minimum Gasteiger partial charge on any atom is -0.329 e. The van der Waals surface area contributed by atoms with Crippen molar-refractivity contribution < 1.29 is 0 Å². The Labute approximate surface area is 89.5 Å². The quantitative estimate of drug-likeness (QED) is 0.720. The van der Waals surface area contributed by atoms with Gasteiger partial charge >= 0.3 is 0 Å². The summed E-state index contributed by atoms with van der Waals surface area (Å²) in [5.41, 5.74) is 5.67. The second kappa shape index (κ2) is 5.82. The van der Waals surface area contributed by atoms with Gasteiger partial charge in [0.05, 0.1) is 12.6 Å². The first-order valence-electron chi connectivity index (χ1n) is 4.77. The Morgan fingerprint density at radius 3 is 2.93 bits per heavy atom. The van der Waals surface area contributed by atoms with Gasteiger partial charge in [0.2, 0.25) is 0 Å². The van der Waals surface area contributed by atoms with Crippen molar-refractivity contribution in [3.8, 4) is 12.3 Å². The van der Waals surface area contributed by atoms with Crippen molar-refractivity contribution in [3.63, 3.8) is 0 Å². The SMILES string of the molecule is C#CCNC(CN)c1ccc(CC)s1. The number of thiophene rings is 1. The van der Waals surface area contributed by atoms with Crippen molar-refractivity contribution in [2.75, 3.05) is 13.1 Å². The highest BCUT2D eigenvalue weighted by atomic mass is 32.1. The number of hydrogen-bond donors (Lipinski definition) is 2. The van der Waals surface area contributed by atoms with Gasteiger partial charge in [-0.2, -0.15) is 0 Å². The standard InChI is InChI=1S/C11H16N2S/c1-3-7-13-10(8-12)11-6-5-9(4-2)14-11/h1,5-6,10,13H,4,7-8,12H2,2H3. The Morgan fingerprint density at radius 2 is 2.43 bits per heavy atom. The van der Waals surface area contributed by atoms with Gasteiger partial charge in [-0.3, -0.25) is 5.32 Å². The Morgan fingerprint density at radius 1 is 1.64 bits per heavy atom. The third-order valence-electron chi connectivity index (χ3n) is 2.06. The number of nitrogens with two attached hydrogens (primary N) is 1. The average molecular weight is 208 g/mol. The molecule has 0 bridgehead atoms. The summed E-state index contributed by atoms with van der Waals surface area (Å²) in [5, 5.41) is 3.22. The van der Waals surface area contributed by atoms with E-state index < -0.39 is 0 Å².